The molecule has 0 aromatic carbocycles. The number of carbonyl (C=O) groups is 4. The third kappa shape index (κ3) is 7.86. The molecule has 2 saturated heterocycles. The Bertz CT molecular complexity index is 1230. The highest BCUT2D eigenvalue weighted by molar-refractivity contribution is 6.57. The standard InChI is InChI=1S/C18H28BNO3.C17H26BNO3/c1-7-15-16(23-18(5,6)20(15)17(19)22)9-13-11(3)10(2)8-14(13)12(4)21;1-6-14-15(22-17(4,5)19(14)16(18)21)9-12-7-10(2)8-13(12)11(3)20/h13-16H,7-9H2,1-6H3;7,12-15H,6,8-9H2,1-5H3/t13?,14?,15-,16+;12?,13?,14-,15+/m00/s1. The molecular formula is C35H54B2N2O6. The van der Waals surface area contributed by atoms with Gasteiger partial charge in [-0.15, -0.1) is 0 Å². The van der Waals surface area contributed by atoms with Gasteiger partial charge in [-0.2, -0.15) is 0 Å². The minimum absolute atomic E-state index is 0.0329. The highest BCUT2D eigenvalue weighted by Gasteiger charge is 2.50. The van der Waals surface area contributed by atoms with Gasteiger partial charge < -0.3 is 19.3 Å². The first-order valence-electron chi connectivity index (χ1n) is 16.6. The SMILES string of the molecule is [B]C(=O)N1[C@@H](CC)[C@@H](CC2C(C)=C(C)CC2C(C)=O)OC1(C)C.[B]C(=O)N1[C@@H](CC)[C@@H](CC2C=C(C)CC2C(C)=O)OC1(C)C. The summed E-state index contributed by atoms with van der Waals surface area (Å²) in [5, 5.41) is 0. The molecule has 246 valence electrons. The van der Waals surface area contributed by atoms with Gasteiger partial charge in [-0.1, -0.05) is 36.6 Å². The minimum atomic E-state index is -0.700. The average molecular weight is 620 g/mol. The van der Waals surface area contributed by atoms with E-state index in [1.165, 1.54) is 16.7 Å². The van der Waals surface area contributed by atoms with Crippen molar-refractivity contribution in [2.24, 2.45) is 23.7 Å². The van der Waals surface area contributed by atoms with Crippen LogP contribution in [0.2, 0.25) is 0 Å². The molecule has 0 bridgehead atoms. The fourth-order valence-corrected chi connectivity index (χ4v) is 8.57. The third-order valence-electron chi connectivity index (χ3n) is 10.7. The van der Waals surface area contributed by atoms with Crippen LogP contribution in [0.4, 0.5) is 9.59 Å². The topological polar surface area (TPSA) is 93.2 Å². The second kappa shape index (κ2) is 14.3. The van der Waals surface area contributed by atoms with Crippen molar-refractivity contribution in [3.63, 3.8) is 0 Å². The Morgan fingerprint density at radius 3 is 1.62 bits per heavy atom. The van der Waals surface area contributed by atoms with E-state index >= 15 is 0 Å². The molecule has 0 aromatic heterocycles. The molecular weight excluding hydrogens is 566 g/mol. The van der Waals surface area contributed by atoms with Crippen molar-refractivity contribution in [1.29, 1.82) is 0 Å². The lowest BCUT2D eigenvalue weighted by Crippen LogP contribution is -2.47. The summed E-state index contributed by atoms with van der Waals surface area (Å²) < 4.78 is 12.3. The Kier molecular flexibility index (Phi) is 11.8. The zero-order valence-electron chi connectivity index (χ0n) is 29.4. The number of nitrogens with zero attached hydrogens (tertiary/aromatic N) is 2. The summed E-state index contributed by atoms with van der Waals surface area (Å²) >= 11 is 0. The minimum Gasteiger partial charge on any atom is -0.351 e. The third-order valence-corrected chi connectivity index (χ3v) is 10.7. The number of hydrogen-bond acceptors (Lipinski definition) is 6. The molecule has 4 radical (unpaired) electrons. The molecule has 4 unspecified atom stereocenters. The number of ether oxygens (including phenoxy) is 2. The highest BCUT2D eigenvalue weighted by Crippen LogP contribution is 2.45. The van der Waals surface area contributed by atoms with Crippen molar-refractivity contribution >= 4 is 38.9 Å². The zero-order chi connectivity index (χ0) is 34.2. The van der Waals surface area contributed by atoms with Gasteiger partial charge in [0.05, 0.1) is 24.3 Å². The molecule has 0 saturated carbocycles. The normalized spacial score (nSPS) is 33.6. The maximum Gasteiger partial charge on any atom is 0.200 e. The van der Waals surface area contributed by atoms with Crippen molar-refractivity contribution in [2.45, 2.75) is 150 Å². The zero-order valence-corrected chi connectivity index (χ0v) is 29.4. The Hall–Kier alpha value is -2.19. The van der Waals surface area contributed by atoms with E-state index in [1.807, 2.05) is 41.5 Å². The number of rotatable bonds is 8. The summed E-state index contributed by atoms with van der Waals surface area (Å²) in [6.07, 6.45) is 6.81. The summed E-state index contributed by atoms with van der Waals surface area (Å²) in [6, 6.07) is -0.0711. The van der Waals surface area contributed by atoms with Crippen LogP contribution in [0.1, 0.15) is 115 Å². The van der Waals surface area contributed by atoms with Gasteiger partial charge in [0.15, 0.2) is 11.6 Å². The van der Waals surface area contributed by atoms with Crippen LogP contribution in [0.15, 0.2) is 22.8 Å². The van der Waals surface area contributed by atoms with E-state index in [0.29, 0.717) is 0 Å². The predicted octanol–water partition coefficient (Wildman–Crippen LogP) is 6.49. The summed E-state index contributed by atoms with van der Waals surface area (Å²) in [4.78, 5) is 50.8. The van der Waals surface area contributed by atoms with Gasteiger partial charge in [0.1, 0.15) is 23.0 Å². The fourth-order valence-electron chi connectivity index (χ4n) is 8.57. The molecule has 2 heterocycles. The number of Topliss-reactive ketones (excluding diaryl/α,β-unsaturated/α-hetero) is 2. The lowest BCUT2D eigenvalue weighted by molar-refractivity contribution is -0.123. The first kappa shape index (κ1) is 37.3. The second-order valence-electron chi connectivity index (χ2n) is 14.6. The molecule has 8 nitrogen and oxygen atoms in total. The van der Waals surface area contributed by atoms with Gasteiger partial charge >= 0.3 is 0 Å². The van der Waals surface area contributed by atoms with Crippen LogP contribution in [0.3, 0.4) is 0 Å². The molecule has 2 aliphatic carbocycles. The summed E-state index contributed by atoms with van der Waals surface area (Å²) in [5.74, 6) is 0.0745. The van der Waals surface area contributed by atoms with Gasteiger partial charge in [-0.05, 0) is 113 Å². The maximum atomic E-state index is 12.0. The van der Waals surface area contributed by atoms with Gasteiger partial charge in [0.25, 0.3) is 0 Å². The van der Waals surface area contributed by atoms with Crippen molar-refractivity contribution < 1.29 is 28.7 Å². The van der Waals surface area contributed by atoms with Crippen LogP contribution in [-0.4, -0.2) is 84.4 Å². The molecule has 2 amide bonds. The average Bonchev–Trinajstić information content (AvgIpc) is 3.58. The number of carbonyl (C=O) groups excluding carboxylic acids is 4. The molecule has 45 heavy (non-hydrogen) atoms. The first-order chi connectivity index (χ1) is 20.8. The lowest BCUT2D eigenvalue weighted by atomic mass is 9.82. The maximum absolute atomic E-state index is 12.0. The molecule has 4 rings (SSSR count). The smallest absolute Gasteiger partial charge is 0.200 e. The van der Waals surface area contributed by atoms with Crippen LogP contribution in [0, 0.1) is 23.7 Å². The Labute approximate surface area is 273 Å². The Morgan fingerprint density at radius 2 is 1.22 bits per heavy atom. The molecule has 8 atom stereocenters. The van der Waals surface area contributed by atoms with Gasteiger partial charge in [0, 0.05) is 11.8 Å². The van der Waals surface area contributed by atoms with Crippen LogP contribution in [0.25, 0.3) is 0 Å². The van der Waals surface area contributed by atoms with Crippen LogP contribution >= 0.6 is 0 Å². The molecule has 0 spiro atoms. The molecule has 4 aliphatic rings. The van der Waals surface area contributed by atoms with Crippen LogP contribution in [-0.2, 0) is 19.1 Å². The predicted molar refractivity (Wildman–Crippen MR) is 178 cm³/mol. The van der Waals surface area contributed by atoms with E-state index in [-0.39, 0.29) is 59.5 Å². The van der Waals surface area contributed by atoms with Crippen molar-refractivity contribution in [3.05, 3.63) is 22.8 Å². The highest BCUT2D eigenvalue weighted by atomic mass is 16.5. The van der Waals surface area contributed by atoms with E-state index in [2.05, 4.69) is 26.8 Å². The Balaban J connectivity index is 0.000000246. The lowest BCUT2D eigenvalue weighted by Gasteiger charge is -2.33. The number of amides is 2. The molecule has 0 aromatic rings. The van der Waals surface area contributed by atoms with Crippen LogP contribution in [0.5, 0.6) is 0 Å². The van der Waals surface area contributed by atoms with Gasteiger partial charge in [-0.25, -0.2) is 0 Å². The van der Waals surface area contributed by atoms with E-state index in [9.17, 15) is 19.2 Å². The quantitative estimate of drug-likeness (QED) is 0.228. The molecule has 2 fully saturated rings. The number of allylic oxidation sites excluding steroid dienone is 4. The van der Waals surface area contributed by atoms with E-state index in [0.717, 1.165) is 38.5 Å². The van der Waals surface area contributed by atoms with E-state index < -0.39 is 23.1 Å². The van der Waals surface area contributed by atoms with Gasteiger partial charge in [0.2, 0.25) is 15.7 Å². The molecule has 2 aliphatic heterocycles. The van der Waals surface area contributed by atoms with Crippen molar-refractivity contribution in [3.8, 4) is 0 Å². The summed E-state index contributed by atoms with van der Waals surface area (Å²) in [5.41, 5.74) is 2.49. The fraction of sp³-hybridized carbons (Fsp3) is 0.771. The number of ketones is 2. The number of hydrogen-bond donors (Lipinski definition) is 0. The van der Waals surface area contributed by atoms with Crippen molar-refractivity contribution in [2.75, 3.05) is 0 Å². The van der Waals surface area contributed by atoms with E-state index in [1.54, 1.807) is 23.6 Å². The molecule has 0 N–H and O–H groups in total. The summed E-state index contributed by atoms with van der Waals surface area (Å²) in [7, 11) is 11.1. The first-order valence-corrected chi connectivity index (χ1v) is 16.6. The second-order valence-corrected chi connectivity index (χ2v) is 14.6. The van der Waals surface area contributed by atoms with E-state index in [4.69, 9.17) is 25.2 Å². The summed E-state index contributed by atoms with van der Waals surface area (Å²) in [6.45, 7) is 21.2. The van der Waals surface area contributed by atoms with Crippen molar-refractivity contribution in [1.82, 2.24) is 9.80 Å². The largest absolute Gasteiger partial charge is 0.351 e. The monoisotopic (exact) mass is 620 g/mol. The molecule has 10 heteroatoms. The Morgan fingerprint density at radius 1 is 0.778 bits per heavy atom. The van der Waals surface area contributed by atoms with Crippen LogP contribution < -0.4 is 0 Å². The van der Waals surface area contributed by atoms with Gasteiger partial charge in [-0.3, -0.25) is 19.2 Å².